The van der Waals surface area contributed by atoms with Gasteiger partial charge in [0.15, 0.2) is 0 Å². The Morgan fingerprint density at radius 2 is 2.25 bits per heavy atom. The largest absolute Gasteiger partial charge is 0.395 e. The second-order valence-corrected chi connectivity index (χ2v) is 4.10. The quantitative estimate of drug-likeness (QED) is 0.784. The van der Waals surface area contributed by atoms with E-state index in [1.165, 1.54) is 0 Å². The van der Waals surface area contributed by atoms with Gasteiger partial charge in [0.05, 0.1) is 12.3 Å². The van der Waals surface area contributed by atoms with Gasteiger partial charge in [0.1, 0.15) is 4.60 Å². The number of aliphatic hydroxyl groups excluding tert-OH is 1. The highest BCUT2D eigenvalue weighted by Crippen LogP contribution is 2.46. The van der Waals surface area contributed by atoms with Crippen molar-refractivity contribution < 1.29 is 5.11 Å². The molecule has 1 fully saturated rings. The Morgan fingerprint density at radius 3 is 2.75 bits per heavy atom. The number of halogens is 1. The molecule has 0 amide bonds. The highest BCUT2D eigenvalue weighted by atomic mass is 79.9. The Bertz CT molecular complexity index is 296. The van der Waals surface area contributed by atoms with Crippen molar-refractivity contribution in [2.24, 2.45) is 0 Å². The average Bonchev–Trinajstić information content (AvgIpc) is 2.84. The molecule has 0 unspecified atom stereocenters. The molecule has 0 radical (unpaired) electrons. The Hall–Kier alpha value is -0.410. The van der Waals surface area contributed by atoms with Crippen LogP contribution in [-0.2, 0) is 5.41 Å². The van der Waals surface area contributed by atoms with E-state index in [0.29, 0.717) is 0 Å². The molecule has 1 aromatic rings. The lowest BCUT2D eigenvalue weighted by atomic mass is 10.0. The lowest BCUT2D eigenvalue weighted by Gasteiger charge is -2.10. The Morgan fingerprint density at radius 1 is 1.50 bits per heavy atom. The van der Waals surface area contributed by atoms with Crippen molar-refractivity contribution in [3.05, 3.63) is 28.5 Å². The van der Waals surface area contributed by atoms with Crippen molar-refractivity contribution in [1.82, 2.24) is 4.98 Å². The number of rotatable bonds is 2. The van der Waals surface area contributed by atoms with E-state index >= 15 is 0 Å². The molecule has 0 bridgehead atoms. The van der Waals surface area contributed by atoms with Crippen LogP contribution in [0.1, 0.15) is 18.5 Å². The summed E-state index contributed by atoms with van der Waals surface area (Å²) < 4.78 is 0.847. The summed E-state index contributed by atoms with van der Waals surface area (Å²) in [5.74, 6) is 0. The van der Waals surface area contributed by atoms with Crippen LogP contribution in [0.3, 0.4) is 0 Å². The third kappa shape index (κ3) is 1.27. The molecule has 1 heterocycles. The van der Waals surface area contributed by atoms with Gasteiger partial charge in [-0.25, -0.2) is 4.98 Å². The first kappa shape index (κ1) is 8.20. The third-order valence-corrected chi connectivity index (χ3v) is 2.86. The first-order valence-corrected chi connectivity index (χ1v) is 4.80. The summed E-state index contributed by atoms with van der Waals surface area (Å²) >= 11 is 3.32. The summed E-state index contributed by atoms with van der Waals surface area (Å²) in [7, 11) is 0. The van der Waals surface area contributed by atoms with Crippen LogP contribution in [0.5, 0.6) is 0 Å². The number of aliphatic hydroxyl groups is 1. The topological polar surface area (TPSA) is 33.1 Å². The van der Waals surface area contributed by atoms with Gasteiger partial charge >= 0.3 is 0 Å². The first-order valence-electron chi connectivity index (χ1n) is 4.01. The fraction of sp³-hybridized carbons (Fsp3) is 0.444. The van der Waals surface area contributed by atoms with E-state index in [4.69, 9.17) is 5.11 Å². The molecule has 0 spiro atoms. The van der Waals surface area contributed by atoms with Crippen LogP contribution in [0.2, 0.25) is 0 Å². The molecule has 3 heteroatoms. The fourth-order valence-electron chi connectivity index (χ4n) is 1.35. The maximum Gasteiger partial charge on any atom is 0.106 e. The maximum atomic E-state index is 9.15. The lowest BCUT2D eigenvalue weighted by Crippen LogP contribution is -2.13. The zero-order valence-corrected chi connectivity index (χ0v) is 8.21. The summed E-state index contributed by atoms with van der Waals surface area (Å²) in [5.41, 5.74) is 1.00. The number of pyridine rings is 1. The highest BCUT2D eigenvalue weighted by Gasteiger charge is 2.44. The Balaban J connectivity index is 2.34. The number of hydrogen-bond donors (Lipinski definition) is 1. The third-order valence-electron chi connectivity index (χ3n) is 2.41. The van der Waals surface area contributed by atoms with E-state index in [1.54, 1.807) is 0 Å². The minimum atomic E-state index is -0.0101. The zero-order chi connectivity index (χ0) is 8.60. The van der Waals surface area contributed by atoms with E-state index < -0.39 is 0 Å². The van der Waals surface area contributed by atoms with E-state index in [2.05, 4.69) is 20.9 Å². The van der Waals surface area contributed by atoms with Crippen LogP contribution in [0.15, 0.2) is 22.8 Å². The Labute approximate surface area is 79.8 Å². The molecule has 12 heavy (non-hydrogen) atoms. The molecule has 0 saturated heterocycles. The molecule has 0 aromatic carbocycles. The van der Waals surface area contributed by atoms with Gasteiger partial charge in [0, 0.05) is 5.41 Å². The monoisotopic (exact) mass is 227 g/mol. The van der Waals surface area contributed by atoms with Gasteiger partial charge in [0.2, 0.25) is 0 Å². The summed E-state index contributed by atoms with van der Waals surface area (Å²) in [4.78, 5) is 4.33. The van der Waals surface area contributed by atoms with Crippen LogP contribution in [0.25, 0.3) is 0 Å². The maximum absolute atomic E-state index is 9.15. The summed E-state index contributed by atoms with van der Waals surface area (Å²) in [6, 6.07) is 5.84. The molecular formula is C9H10BrNO. The van der Waals surface area contributed by atoms with Gasteiger partial charge in [-0.2, -0.15) is 0 Å². The molecular weight excluding hydrogens is 218 g/mol. The average molecular weight is 228 g/mol. The van der Waals surface area contributed by atoms with Crippen molar-refractivity contribution in [3.8, 4) is 0 Å². The molecule has 1 aromatic heterocycles. The van der Waals surface area contributed by atoms with Crippen molar-refractivity contribution in [2.75, 3.05) is 6.61 Å². The molecule has 1 aliphatic carbocycles. The fourth-order valence-corrected chi connectivity index (χ4v) is 1.69. The second-order valence-electron chi connectivity index (χ2n) is 3.28. The van der Waals surface area contributed by atoms with Gasteiger partial charge in [-0.1, -0.05) is 6.07 Å². The molecule has 2 rings (SSSR count). The predicted molar refractivity (Wildman–Crippen MR) is 49.9 cm³/mol. The second kappa shape index (κ2) is 2.82. The highest BCUT2D eigenvalue weighted by molar-refractivity contribution is 9.10. The van der Waals surface area contributed by atoms with Gasteiger partial charge < -0.3 is 5.11 Å². The molecule has 1 N–H and O–H groups in total. The standard InChI is InChI=1S/C9H10BrNO/c10-8-3-1-2-7(11-8)9(6-12)4-5-9/h1-3,12H,4-6H2. The number of aromatic nitrogens is 1. The zero-order valence-electron chi connectivity index (χ0n) is 6.63. The van der Waals surface area contributed by atoms with Crippen LogP contribution in [0.4, 0.5) is 0 Å². The number of hydrogen-bond acceptors (Lipinski definition) is 2. The van der Waals surface area contributed by atoms with Crippen molar-refractivity contribution in [3.63, 3.8) is 0 Å². The van der Waals surface area contributed by atoms with E-state index in [-0.39, 0.29) is 12.0 Å². The summed E-state index contributed by atoms with van der Waals surface area (Å²) in [6.07, 6.45) is 2.12. The molecule has 64 valence electrons. The SMILES string of the molecule is OCC1(c2cccc(Br)n2)CC1. The van der Waals surface area contributed by atoms with Gasteiger partial charge in [0.25, 0.3) is 0 Å². The molecule has 0 atom stereocenters. The minimum absolute atomic E-state index is 0.0101. The molecule has 2 nitrogen and oxygen atoms in total. The van der Waals surface area contributed by atoms with Crippen molar-refractivity contribution >= 4 is 15.9 Å². The smallest absolute Gasteiger partial charge is 0.106 e. The van der Waals surface area contributed by atoms with Crippen molar-refractivity contribution in [1.29, 1.82) is 0 Å². The van der Waals surface area contributed by atoms with Crippen LogP contribution in [0, 0.1) is 0 Å². The van der Waals surface area contributed by atoms with Gasteiger partial charge in [-0.3, -0.25) is 0 Å². The number of nitrogens with zero attached hydrogens (tertiary/aromatic N) is 1. The van der Waals surface area contributed by atoms with E-state index in [0.717, 1.165) is 23.1 Å². The van der Waals surface area contributed by atoms with Gasteiger partial charge in [-0.05, 0) is 40.9 Å². The summed E-state index contributed by atoms with van der Waals surface area (Å²) in [5, 5.41) is 9.15. The van der Waals surface area contributed by atoms with Crippen molar-refractivity contribution in [2.45, 2.75) is 18.3 Å². The lowest BCUT2D eigenvalue weighted by molar-refractivity contribution is 0.252. The van der Waals surface area contributed by atoms with Crippen LogP contribution < -0.4 is 0 Å². The molecule has 0 aliphatic heterocycles. The van der Waals surface area contributed by atoms with Gasteiger partial charge in [-0.15, -0.1) is 0 Å². The molecule has 1 saturated carbocycles. The van der Waals surface area contributed by atoms with Crippen LogP contribution in [-0.4, -0.2) is 16.7 Å². The normalized spacial score (nSPS) is 19.2. The summed E-state index contributed by atoms with van der Waals surface area (Å²) in [6.45, 7) is 0.219. The predicted octanol–water partition coefficient (Wildman–Crippen LogP) is 1.87. The van der Waals surface area contributed by atoms with E-state index in [9.17, 15) is 0 Å². The van der Waals surface area contributed by atoms with Crippen LogP contribution >= 0.6 is 15.9 Å². The first-order chi connectivity index (χ1) is 5.77. The van der Waals surface area contributed by atoms with E-state index in [1.807, 2.05) is 18.2 Å². The Kier molecular flexibility index (Phi) is 1.93. The minimum Gasteiger partial charge on any atom is -0.395 e. The molecule has 1 aliphatic rings.